The van der Waals surface area contributed by atoms with Crippen LogP contribution in [0.1, 0.15) is 55.5 Å². The number of rotatable bonds is 6. The lowest BCUT2D eigenvalue weighted by Gasteiger charge is -2.12. The van der Waals surface area contributed by atoms with Crippen molar-refractivity contribution in [1.29, 1.82) is 5.26 Å². The second-order valence-corrected chi connectivity index (χ2v) is 5.15. The van der Waals surface area contributed by atoms with E-state index in [0.29, 0.717) is 11.1 Å². The first-order valence-corrected chi connectivity index (χ1v) is 7.27. The van der Waals surface area contributed by atoms with Crippen LogP contribution in [0.5, 0.6) is 0 Å². The van der Waals surface area contributed by atoms with Gasteiger partial charge in [0.05, 0.1) is 11.6 Å². The van der Waals surface area contributed by atoms with Gasteiger partial charge in [-0.2, -0.15) is 5.26 Å². The molecule has 0 aliphatic rings. The summed E-state index contributed by atoms with van der Waals surface area (Å²) in [4.78, 5) is 15.8. The zero-order valence-corrected chi connectivity index (χ0v) is 12.1. The van der Waals surface area contributed by atoms with Gasteiger partial charge in [0, 0.05) is 28.6 Å². The molecule has 0 spiro atoms. The van der Waals surface area contributed by atoms with Crippen LogP contribution in [0.4, 0.5) is 0 Å². The molecule has 3 nitrogen and oxygen atoms in total. The number of carbonyl (C=O) groups is 1. The third-order valence-corrected chi connectivity index (χ3v) is 3.86. The molecule has 20 heavy (non-hydrogen) atoms. The average Bonchev–Trinajstić information content (AvgIpc) is 2.91. The summed E-state index contributed by atoms with van der Waals surface area (Å²) in [5, 5.41) is 10.00. The first kappa shape index (κ1) is 14.3. The van der Waals surface area contributed by atoms with Gasteiger partial charge in [-0.1, -0.05) is 32.8 Å². The highest BCUT2D eigenvalue weighted by Crippen LogP contribution is 2.27. The zero-order valence-electron chi connectivity index (χ0n) is 12.1. The number of nitriles is 1. The average molecular weight is 268 g/mol. The van der Waals surface area contributed by atoms with Crippen molar-refractivity contribution in [3.8, 4) is 6.07 Å². The summed E-state index contributed by atoms with van der Waals surface area (Å²) in [6.07, 6.45) is 5.69. The number of ketones is 1. The second kappa shape index (κ2) is 6.38. The van der Waals surface area contributed by atoms with Crippen molar-refractivity contribution in [2.45, 2.75) is 39.5 Å². The molecular weight excluding hydrogens is 248 g/mol. The van der Waals surface area contributed by atoms with Crippen LogP contribution in [0.3, 0.4) is 0 Å². The number of Topliss-reactive ketones (excluding diaryl/α,β-unsaturated/α-hetero) is 1. The quantitative estimate of drug-likeness (QED) is 0.787. The standard InChI is InChI=1S/C17H20N2O/c1-3-5-7-12(4-2)17(20)14-11-19-15-9-6-8-13(10-18)16(14)15/h6,8-9,11-12,19H,3-5,7H2,1-2H3. The summed E-state index contributed by atoms with van der Waals surface area (Å²) in [5.41, 5.74) is 2.09. The van der Waals surface area contributed by atoms with E-state index in [9.17, 15) is 10.1 Å². The Hall–Kier alpha value is -2.08. The Morgan fingerprint density at radius 2 is 2.20 bits per heavy atom. The van der Waals surface area contributed by atoms with Crippen LogP contribution in [0.25, 0.3) is 10.9 Å². The third-order valence-electron chi connectivity index (χ3n) is 3.86. The van der Waals surface area contributed by atoms with Gasteiger partial charge >= 0.3 is 0 Å². The van der Waals surface area contributed by atoms with E-state index in [1.807, 2.05) is 12.1 Å². The molecule has 0 fully saturated rings. The van der Waals surface area contributed by atoms with Gasteiger partial charge in [-0.05, 0) is 25.0 Å². The molecule has 2 aromatic rings. The molecule has 3 heteroatoms. The minimum atomic E-state index is 0.0562. The van der Waals surface area contributed by atoms with E-state index >= 15 is 0 Å². The molecule has 0 aliphatic heterocycles. The number of nitrogens with one attached hydrogen (secondary N) is 1. The largest absolute Gasteiger partial charge is 0.360 e. The zero-order chi connectivity index (χ0) is 14.5. The summed E-state index contributed by atoms with van der Waals surface area (Å²) in [5.74, 6) is 0.218. The molecule has 0 amide bonds. The fourth-order valence-electron chi connectivity index (χ4n) is 2.66. The predicted molar refractivity (Wildman–Crippen MR) is 80.7 cm³/mol. The van der Waals surface area contributed by atoms with Gasteiger partial charge in [0.15, 0.2) is 5.78 Å². The lowest BCUT2D eigenvalue weighted by Crippen LogP contribution is -2.13. The molecule has 1 unspecified atom stereocenters. The van der Waals surface area contributed by atoms with E-state index in [0.717, 1.165) is 36.6 Å². The van der Waals surface area contributed by atoms with Crippen molar-refractivity contribution in [3.05, 3.63) is 35.5 Å². The summed E-state index contributed by atoms with van der Waals surface area (Å²) >= 11 is 0. The number of H-pyrrole nitrogens is 1. The first-order chi connectivity index (χ1) is 9.72. The van der Waals surface area contributed by atoms with E-state index < -0.39 is 0 Å². The minimum Gasteiger partial charge on any atom is -0.360 e. The Bertz CT molecular complexity index is 649. The van der Waals surface area contributed by atoms with E-state index in [-0.39, 0.29) is 11.7 Å². The van der Waals surface area contributed by atoms with Gasteiger partial charge in [0.25, 0.3) is 0 Å². The Kier molecular flexibility index (Phi) is 4.57. The van der Waals surface area contributed by atoms with Gasteiger partial charge in [0.1, 0.15) is 0 Å². The molecule has 0 bridgehead atoms. The molecule has 1 aromatic carbocycles. The van der Waals surface area contributed by atoms with E-state index in [1.165, 1.54) is 0 Å². The van der Waals surface area contributed by atoms with Crippen molar-refractivity contribution in [3.63, 3.8) is 0 Å². The molecule has 0 saturated carbocycles. The smallest absolute Gasteiger partial charge is 0.168 e. The number of fused-ring (bicyclic) bond motifs is 1. The molecular formula is C17H20N2O. The maximum atomic E-state index is 12.7. The van der Waals surface area contributed by atoms with Gasteiger partial charge in [0.2, 0.25) is 0 Å². The monoisotopic (exact) mass is 268 g/mol. The molecule has 0 aliphatic carbocycles. The van der Waals surface area contributed by atoms with Gasteiger partial charge in [-0.15, -0.1) is 0 Å². The van der Waals surface area contributed by atoms with E-state index in [1.54, 1.807) is 12.3 Å². The number of unbranched alkanes of at least 4 members (excludes halogenated alkanes) is 1. The summed E-state index contributed by atoms with van der Waals surface area (Å²) < 4.78 is 0. The fourth-order valence-corrected chi connectivity index (χ4v) is 2.66. The summed E-state index contributed by atoms with van der Waals surface area (Å²) in [6, 6.07) is 7.68. The Morgan fingerprint density at radius 3 is 2.85 bits per heavy atom. The van der Waals surface area contributed by atoms with Crippen LogP contribution in [-0.2, 0) is 0 Å². The molecule has 2 rings (SSSR count). The highest BCUT2D eigenvalue weighted by atomic mass is 16.1. The normalized spacial score (nSPS) is 12.2. The topological polar surface area (TPSA) is 56.6 Å². The van der Waals surface area contributed by atoms with E-state index in [2.05, 4.69) is 24.9 Å². The Morgan fingerprint density at radius 1 is 1.40 bits per heavy atom. The molecule has 0 saturated heterocycles. The van der Waals surface area contributed by atoms with Crippen molar-refractivity contribution in [1.82, 2.24) is 4.98 Å². The number of aromatic nitrogens is 1. The van der Waals surface area contributed by atoms with Crippen LogP contribution in [-0.4, -0.2) is 10.8 Å². The predicted octanol–water partition coefficient (Wildman–Crippen LogP) is 4.44. The third kappa shape index (κ3) is 2.60. The van der Waals surface area contributed by atoms with Gasteiger partial charge < -0.3 is 4.98 Å². The minimum absolute atomic E-state index is 0.0562. The van der Waals surface area contributed by atoms with Gasteiger partial charge in [-0.3, -0.25) is 4.79 Å². The molecule has 104 valence electrons. The molecule has 1 aromatic heterocycles. The number of nitrogens with zero attached hydrogens (tertiary/aromatic N) is 1. The van der Waals surface area contributed by atoms with Crippen LogP contribution in [0, 0.1) is 17.2 Å². The lowest BCUT2D eigenvalue weighted by atomic mass is 9.90. The number of aromatic amines is 1. The maximum Gasteiger partial charge on any atom is 0.168 e. The number of carbonyl (C=O) groups excluding carboxylic acids is 1. The van der Waals surface area contributed by atoms with Crippen LogP contribution in [0.2, 0.25) is 0 Å². The van der Waals surface area contributed by atoms with Crippen LogP contribution in [0.15, 0.2) is 24.4 Å². The van der Waals surface area contributed by atoms with Crippen LogP contribution < -0.4 is 0 Å². The molecule has 1 atom stereocenters. The van der Waals surface area contributed by atoms with Gasteiger partial charge in [-0.25, -0.2) is 0 Å². The van der Waals surface area contributed by atoms with Crippen molar-refractivity contribution in [2.24, 2.45) is 5.92 Å². The van der Waals surface area contributed by atoms with Crippen molar-refractivity contribution >= 4 is 16.7 Å². The number of hydrogen-bond donors (Lipinski definition) is 1. The lowest BCUT2D eigenvalue weighted by molar-refractivity contribution is 0.0910. The maximum absolute atomic E-state index is 12.7. The molecule has 0 radical (unpaired) electrons. The van der Waals surface area contributed by atoms with Crippen LogP contribution >= 0.6 is 0 Å². The second-order valence-electron chi connectivity index (χ2n) is 5.15. The first-order valence-electron chi connectivity index (χ1n) is 7.27. The van der Waals surface area contributed by atoms with Crippen molar-refractivity contribution in [2.75, 3.05) is 0 Å². The molecule has 1 N–H and O–H groups in total. The Labute approximate surface area is 119 Å². The number of benzene rings is 1. The Balaban J connectivity index is 2.42. The fraction of sp³-hybridized carbons (Fsp3) is 0.412. The highest BCUT2D eigenvalue weighted by molar-refractivity contribution is 6.10. The molecule has 1 heterocycles. The van der Waals surface area contributed by atoms with Crippen molar-refractivity contribution < 1.29 is 4.79 Å². The summed E-state index contributed by atoms with van der Waals surface area (Å²) in [6.45, 7) is 4.19. The SMILES string of the molecule is CCCCC(CC)C(=O)c1c[nH]c2cccc(C#N)c12. The number of hydrogen-bond acceptors (Lipinski definition) is 2. The highest BCUT2D eigenvalue weighted by Gasteiger charge is 2.22. The van der Waals surface area contributed by atoms with E-state index in [4.69, 9.17) is 0 Å². The summed E-state index contributed by atoms with van der Waals surface area (Å²) in [7, 11) is 0.